The summed E-state index contributed by atoms with van der Waals surface area (Å²) in [5.41, 5.74) is 0.646. The molecule has 2 heterocycles. The summed E-state index contributed by atoms with van der Waals surface area (Å²) in [7, 11) is 0. The molecule has 2 rings (SSSR count). The zero-order valence-corrected chi connectivity index (χ0v) is 12.7. The van der Waals surface area contributed by atoms with Crippen molar-refractivity contribution in [2.75, 3.05) is 11.9 Å². The summed E-state index contributed by atoms with van der Waals surface area (Å²) < 4.78 is 18.1. The summed E-state index contributed by atoms with van der Waals surface area (Å²) in [6, 6.07) is 2.82. The largest absolute Gasteiger partial charge is 0.463 e. The molecule has 0 saturated carbocycles. The molecule has 23 heavy (non-hydrogen) atoms. The van der Waals surface area contributed by atoms with Crippen molar-refractivity contribution in [2.24, 2.45) is 0 Å². The van der Waals surface area contributed by atoms with Gasteiger partial charge in [-0.2, -0.15) is 14.4 Å². The van der Waals surface area contributed by atoms with Gasteiger partial charge in [-0.25, -0.2) is 4.98 Å². The molecule has 0 spiro atoms. The molecule has 2 aromatic heterocycles. The Morgan fingerprint density at radius 3 is 2.78 bits per heavy atom. The van der Waals surface area contributed by atoms with Gasteiger partial charge in [-0.3, -0.25) is 10.1 Å². The van der Waals surface area contributed by atoms with Gasteiger partial charge in [0.1, 0.15) is 5.69 Å². The van der Waals surface area contributed by atoms with Crippen molar-refractivity contribution in [3.8, 4) is 6.01 Å². The van der Waals surface area contributed by atoms with Gasteiger partial charge in [0.2, 0.25) is 11.8 Å². The number of hydrogen-bond acceptors (Lipinski definition) is 7. The van der Waals surface area contributed by atoms with E-state index in [9.17, 15) is 14.5 Å². The fourth-order valence-electron chi connectivity index (χ4n) is 1.84. The Labute approximate surface area is 131 Å². The van der Waals surface area contributed by atoms with E-state index < -0.39 is 10.9 Å². The van der Waals surface area contributed by atoms with Crippen molar-refractivity contribution in [3.05, 3.63) is 45.6 Å². The number of ether oxygens (including phenoxy) is 1. The molecule has 9 heteroatoms. The molecule has 0 aliphatic carbocycles. The van der Waals surface area contributed by atoms with Crippen LogP contribution in [0.1, 0.15) is 24.6 Å². The SMILES string of the molecule is CCCOc1nc(C)c([N+](=O)[O-])c(NCc2ccc(F)nc2)n1. The highest BCUT2D eigenvalue weighted by atomic mass is 19.1. The Hall–Kier alpha value is -2.84. The second-order valence-electron chi connectivity index (χ2n) is 4.74. The minimum atomic E-state index is -0.590. The lowest BCUT2D eigenvalue weighted by Gasteiger charge is -2.10. The molecule has 0 saturated heterocycles. The first-order valence-corrected chi connectivity index (χ1v) is 7.01. The standard InChI is InChI=1S/C14H16FN5O3/c1-3-6-23-14-18-9(2)12(20(21)22)13(19-14)17-8-10-4-5-11(15)16-7-10/h4-5,7H,3,6,8H2,1-2H3,(H,17,18,19). The van der Waals surface area contributed by atoms with Gasteiger partial charge in [0.05, 0.1) is 11.5 Å². The number of nitrogens with one attached hydrogen (secondary N) is 1. The maximum Gasteiger partial charge on any atom is 0.332 e. The number of rotatable bonds is 7. The highest BCUT2D eigenvalue weighted by molar-refractivity contribution is 5.59. The lowest BCUT2D eigenvalue weighted by atomic mass is 10.3. The first kappa shape index (κ1) is 16.5. The lowest BCUT2D eigenvalue weighted by molar-refractivity contribution is -0.385. The minimum Gasteiger partial charge on any atom is -0.463 e. The molecule has 0 bridgehead atoms. The van der Waals surface area contributed by atoms with Gasteiger partial charge in [0.15, 0.2) is 0 Å². The zero-order chi connectivity index (χ0) is 16.8. The second-order valence-corrected chi connectivity index (χ2v) is 4.74. The van der Waals surface area contributed by atoms with Crippen LogP contribution in [0.25, 0.3) is 0 Å². The summed E-state index contributed by atoms with van der Waals surface area (Å²) in [6.45, 7) is 4.07. The van der Waals surface area contributed by atoms with Gasteiger partial charge in [-0.1, -0.05) is 13.0 Å². The van der Waals surface area contributed by atoms with Crippen LogP contribution in [-0.4, -0.2) is 26.5 Å². The van der Waals surface area contributed by atoms with Crippen LogP contribution in [0.15, 0.2) is 18.3 Å². The summed E-state index contributed by atoms with van der Waals surface area (Å²) in [6.07, 6.45) is 2.11. The van der Waals surface area contributed by atoms with Crippen LogP contribution in [0.5, 0.6) is 6.01 Å². The molecule has 0 radical (unpaired) electrons. The van der Waals surface area contributed by atoms with Crippen LogP contribution in [-0.2, 0) is 6.54 Å². The monoisotopic (exact) mass is 321 g/mol. The van der Waals surface area contributed by atoms with Gasteiger partial charge in [0.25, 0.3) is 0 Å². The van der Waals surface area contributed by atoms with Crippen LogP contribution in [0.2, 0.25) is 0 Å². The number of nitro groups is 1. The van der Waals surface area contributed by atoms with Gasteiger partial charge >= 0.3 is 11.7 Å². The predicted octanol–water partition coefficient (Wildman–Crippen LogP) is 2.63. The van der Waals surface area contributed by atoms with E-state index in [2.05, 4.69) is 20.3 Å². The Balaban J connectivity index is 2.24. The zero-order valence-electron chi connectivity index (χ0n) is 12.7. The van der Waals surface area contributed by atoms with Gasteiger partial charge < -0.3 is 10.1 Å². The molecule has 8 nitrogen and oxygen atoms in total. The van der Waals surface area contributed by atoms with Crippen molar-refractivity contribution >= 4 is 11.5 Å². The van der Waals surface area contributed by atoms with Crippen LogP contribution in [0.3, 0.4) is 0 Å². The van der Waals surface area contributed by atoms with E-state index in [1.54, 1.807) is 0 Å². The average molecular weight is 321 g/mol. The van der Waals surface area contributed by atoms with E-state index in [4.69, 9.17) is 4.74 Å². The van der Waals surface area contributed by atoms with Gasteiger partial charge in [0, 0.05) is 12.7 Å². The Morgan fingerprint density at radius 2 is 2.17 bits per heavy atom. The highest BCUT2D eigenvalue weighted by Crippen LogP contribution is 2.27. The fourth-order valence-corrected chi connectivity index (χ4v) is 1.84. The van der Waals surface area contributed by atoms with E-state index in [1.165, 1.54) is 25.3 Å². The van der Waals surface area contributed by atoms with E-state index >= 15 is 0 Å². The van der Waals surface area contributed by atoms with Crippen LogP contribution in [0.4, 0.5) is 15.9 Å². The molecule has 0 atom stereocenters. The number of pyridine rings is 1. The highest BCUT2D eigenvalue weighted by Gasteiger charge is 2.22. The number of halogens is 1. The number of hydrogen-bond donors (Lipinski definition) is 1. The number of aromatic nitrogens is 3. The van der Waals surface area contributed by atoms with Crippen molar-refractivity contribution < 1.29 is 14.1 Å². The average Bonchev–Trinajstić information content (AvgIpc) is 2.51. The predicted molar refractivity (Wildman–Crippen MR) is 80.7 cm³/mol. The third-order valence-corrected chi connectivity index (χ3v) is 2.90. The third kappa shape index (κ3) is 4.31. The maximum absolute atomic E-state index is 12.8. The smallest absolute Gasteiger partial charge is 0.332 e. The van der Waals surface area contributed by atoms with Gasteiger partial charge in [-0.05, 0) is 25.0 Å². The van der Waals surface area contributed by atoms with E-state index in [0.717, 1.165) is 6.42 Å². The molecule has 1 N–H and O–H groups in total. The summed E-state index contributed by atoms with van der Waals surface area (Å²) in [5.74, 6) is -0.536. The van der Waals surface area contributed by atoms with Crippen molar-refractivity contribution in [3.63, 3.8) is 0 Å². The molecular formula is C14H16FN5O3. The third-order valence-electron chi connectivity index (χ3n) is 2.90. The summed E-state index contributed by atoms with van der Waals surface area (Å²) in [4.78, 5) is 22.2. The number of anilines is 1. The van der Waals surface area contributed by atoms with Crippen molar-refractivity contribution in [2.45, 2.75) is 26.8 Å². The van der Waals surface area contributed by atoms with E-state index in [0.29, 0.717) is 12.2 Å². The quantitative estimate of drug-likeness (QED) is 0.475. The fraction of sp³-hybridized carbons (Fsp3) is 0.357. The Bertz CT molecular complexity index is 694. The summed E-state index contributed by atoms with van der Waals surface area (Å²) >= 11 is 0. The molecule has 2 aromatic rings. The Kier molecular flexibility index (Phi) is 5.34. The first-order valence-electron chi connectivity index (χ1n) is 7.01. The minimum absolute atomic E-state index is 0.0536. The van der Waals surface area contributed by atoms with E-state index in [-0.39, 0.29) is 29.8 Å². The molecule has 0 fully saturated rings. The molecule has 0 amide bonds. The van der Waals surface area contributed by atoms with Crippen molar-refractivity contribution in [1.82, 2.24) is 15.0 Å². The molecule has 0 unspecified atom stereocenters. The van der Waals surface area contributed by atoms with Crippen molar-refractivity contribution in [1.29, 1.82) is 0 Å². The molecule has 0 aliphatic heterocycles. The maximum atomic E-state index is 12.8. The molecule has 122 valence electrons. The molecule has 0 aromatic carbocycles. The van der Waals surface area contributed by atoms with Crippen LogP contribution >= 0.6 is 0 Å². The molecular weight excluding hydrogens is 305 g/mol. The first-order chi connectivity index (χ1) is 11.0. The Morgan fingerprint density at radius 1 is 1.39 bits per heavy atom. The van der Waals surface area contributed by atoms with Gasteiger partial charge in [-0.15, -0.1) is 0 Å². The van der Waals surface area contributed by atoms with Crippen LogP contribution in [0, 0.1) is 23.0 Å². The topological polar surface area (TPSA) is 103 Å². The normalized spacial score (nSPS) is 10.4. The number of aryl methyl sites for hydroxylation is 1. The van der Waals surface area contributed by atoms with E-state index in [1.807, 2.05) is 6.92 Å². The summed E-state index contributed by atoms with van der Waals surface area (Å²) in [5, 5.41) is 14.1. The second kappa shape index (κ2) is 7.43. The number of nitrogens with zero attached hydrogens (tertiary/aromatic N) is 4. The molecule has 0 aliphatic rings. The lowest BCUT2D eigenvalue weighted by Crippen LogP contribution is -2.10. The van der Waals surface area contributed by atoms with Crippen LogP contribution < -0.4 is 10.1 Å².